The number of benzene rings is 1. The minimum absolute atomic E-state index is 0.157. The van der Waals surface area contributed by atoms with E-state index < -0.39 is 7.60 Å². The molecule has 2 bridgehead atoms. The van der Waals surface area contributed by atoms with Crippen LogP contribution in [0.2, 0.25) is 4.31 Å². The molecule has 0 aromatic heterocycles. The van der Waals surface area contributed by atoms with Crippen molar-refractivity contribution in [3.63, 3.8) is 0 Å². The van der Waals surface area contributed by atoms with E-state index in [1.165, 1.54) is 4.46 Å². The first-order valence-electron chi connectivity index (χ1n) is 7.20. The average molecular weight is 359 g/mol. The van der Waals surface area contributed by atoms with Crippen LogP contribution in [0.25, 0.3) is 0 Å². The summed E-state index contributed by atoms with van der Waals surface area (Å²) in [5, 5.41) is -0.157. The van der Waals surface area contributed by atoms with Crippen LogP contribution in [0.4, 0.5) is 0 Å². The zero-order valence-corrected chi connectivity index (χ0v) is 14.6. The monoisotopic (exact) mass is 360 g/mol. The predicted octanol–water partition coefficient (Wildman–Crippen LogP) is 3.38. The van der Waals surface area contributed by atoms with Gasteiger partial charge in [-0.15, -0.1) is 0 Å². The number of hydrogen-bond donors (Lipinski definition) is 0. The summed E-state index contributed by atoms with van der Waals surface area (Å²) < 4.78 is 25.9. The van der Waals surface area contributed by atoms with Gasteiger partial charge in [0.05, 0.1) is 0 Å². The van der Waals surface area contributed by atoms with Crippen molar-refractivity contribution in [2.45, 2.75) is 42.6 Å². The molecule has 20 heavy (non-hydrogen) atoms. The third kappa shape index (κ3) is 2.23. The molecule has 1 aromatic carbocycles. The first-order chi connectivity index (χ1) is 9.57. The standard InChI is InChI=1S/C15H21O3PSe/c1-3-17-19(16,18-4-2)14-10-15(11-14,12-14)20-13-8-6-5-7-9-13/h5-9H,3-4,10-12H2,1-2H3. The van der Waals surface area contributed by atoms with Crippen molar-refractivity contribution < 1.29 is 13.6 Å². The second kappa shape index (κ2) is 5.26. The fourth-order valence-electron chi connectivity index (χ4n) is 3.43. The van der Waals surface area contributed by atoms with Gasteiger partial charge in [-0.2, -0.15) is 0 Å². The van der Waals surface area contributed by atoms with Crippen LogP contribution in [0.1, 0.15) is 33.1 Å². The molecule has 4 rings (SSSR count). The van der Waals surface area contributed by atoms with Crippen LogP contribution in [0.5, 0.6) is 0 Å². The van der Waals surface area contributed by atoms with E-state index in [1.54, 1.807) is 0 Å². The summed E-state index contributed by atoms with van der Waals surface area (Å²) in [5.41, 5.74) is 0. The van der Waals surface area contributed by atoms with Crippen LogP contribution >= 0.6 is 7.60 Å². The van der Waals surface area contributed by atoms with E-state index in [0.29, 0.717) is 32.5 Å². The molecule has 0 amide bonds. The Labute approximate surface area is 127 Å². The minimum atomic E-state index is -2.91. The van der Waals surface area contributed by atoms with Crippen molar-refractivity contribution in [2.75, 3.05) is 13.2 Å². The van der Waals surface area contributed by atoms with Crippen molar-refractivity contribution >= 4 is 27.0 Å². The molecule has 3 aliphatic rings. The van der Waals surface area contributed by atoms with E-state index in [1.807, 2.05) is 13.8 Å². The summed E-state index contributed by atoms with van der Waals surface area (Å²) in [6.45, 7) is 4.72. The van der Waals surface area contributed by atoms with Crippen LogP contribution < -0.4 is 4.46 Å². The van der Waals surface area contributed by atoms with Crippen molar-refractivity contribution in [3.05, 3.63) is 30.3 Å². The molecule has 0 heterocycles. The zero-order chi connectivity index (χ0) is 14.3. The van der Waals surface area contributed by atoms with E-state index in [2.05, 4.69) is 30.3 Å². The Morgan fingerprint density at radius 1 is 1.10 bits per heavy atom. The predicted molar refractivity (Wildman–Crippen MR) is 82.0 cm³/mol. The Bertz CT molecular complexity index is 501. The molecule has 0 unspecified atom stereocenters. The van der Waals surface area contributed by atoms with Crippen LogP contribution in [-0.4, -0.2) is 33.3 Å². The van der Waals surface area contributed by atoms with E-state index in [-0.39, 0.29) is 5.16 Å². The van der Waals surface area contributed by atoms with Gasteiger partial charge < -0.3 is 0 Å². The second-order valence-corrected chi connectivity index (χ2v) is 11.4. The molecule has 0 radical (unpaired) electrons. The Balaban J connectivity index is 1.66. The van der Waals surface area contributed by atoms with Gasteiger partial charge in [0.1, 0.15) is 0 Å². The van der Waals surface area contributed by atoms with Crippen LogP contribution in [0.3, 0.4) is 0 Å². The molecule has 3 fully saturated rings. The van der Waals surface area contributed by atoms with Gasteiger partial charge in [0.2, 0.25) is 0 Å². The molecule has 5 heteroatoms. The van der Waals surface area contributed by atoms with Gasteiger partial charge in [0.15, 0.2) is 0 Å². The summed E-state index contributed by atoms with van der Waals surface area (Å²) >= 11 is 0.471. The maximum atomic E-state index is 12.9. The summed E-state index contributed by atoms with van der Waals surface area (Å²) in [6, 6.07) is 10.7. The van der Waals surface area contributed by atoms with Gasteiger partial charge in [-0.25, -0.2) is 0 Å². The first-order valence-corrected chi connectivity index (χ1v) is 10.5. The molecule has 0 atom stereocenters. The average Bonchev–Trinajstić information content (AvgIpc) is 2.33. The second-order valence-electron chi connectivity index (χ2n) is 5.69. The number of hydrogen-bond acceptors (Lipinski definition) is 3. The first kappa shape index (κ1) is 14.8. The van der Waals surface area contributed by atoms with Gasteiger partial charge in [0.25, 0.3) is 0 Å². The number of rotatable bonds is 7. The van der Waals surface area contributed by atoms with Gasteiger partial charge in [-0.05, 0) is 0 Å². The fourth-order valence-corrected chi connectivity index (χ4v) is 10.8. The summed E-state index contributed by atoms with van der Waals surface area (Å²) in [5.74, 6) is 0. The Kier molecular flexibility index (Phi) is 3.90. The summed E-state index contributed by atoms with van der Waals surface area (Å²) in [7, 11) is -2.91. The van der Waals surface area contributed by atoms with Crippen LogP contribution in [0, 0.1) is 0 Å². The van der Waals surface area contributed by atoms with Gasteiger partial charge in [-0.3, -0.25) is 0 Å². The molecule has 3 saturated carbocycles. The van der Waals surface area contributed by atoms with Crippen LogP contribution in [-0.2, 0) is 13.6 Å². The molecule has 0 spiro atoms. The van der Waals surface area contributed by atoms with E-state index >= 15 is 0 Å². The van der Waals surface area contributed by atoms with E-state index in [4.69, 9.17) is 9.05 Å². The molecule has 0 saturated heterocycles. The maximum absolute atomic E-state index is 12.9. The molecular formula is C15H21O3PSe. The molecule has 3 aliphatic carbocycles. The topological polar surface area (TPSA) is 35.5 Å². The fraction of sp³-hybridized carbons (Fsp3) is 0.600. The Morgan fingerprint density at radius 3 is 2.15 bits per heavy atom. The van der Waals surface area contributed by atoms with Crippen molar-refractivity contribution in [3.8, 4) is 0 Å². The van der Waals surface area contributed by atoms with Crippen molar-refractivity contribution in [1.29, 1.82) is 0 Å². The zero-order valence-electron chi connectivity index (χ0n) is 12.0. The van der Waals surface area contributed by atoms with Crippen molar-refractivity contribution in [2.24, 2.45) is 0 Å². The molecule has 0 N–H and O–H groups in total. The summed E-state index contributed by atoms with van der Waals surface area (Å²) in [6.07, 6.45) is 3.06. The molecule has 3 nitrogen and oxygen atoms in total. The Hall–Kier alpha value is -0.111. The van der Waals surface area contributed by atoms with Gasteiger partial charge >= 0.3 is 127 Å². The molecule has 110 valence electrons. The van der Waals surface area contributed by atoms with Crippen LogP contribution in [0.15, 0.2) is 30.3 Å². The van der Waals surface area contributed by atoms with Crippen molar-refractivity contribution in [1.82, 2.24) is 0 Å². The van der Waals surface area contributed by atoms with E-state index in [9.17, 15) is 4.57 Å². The molecule has 0 aliphatic heterocycles. The van der Waals surface area contributed by atoms with E-state index in [0.717, 1.165) is 19.3 Å². The normalized spacial score (nSPS) is 31.5. The molecular weight excluding hydrogens is 338 g/mol. The molecule has 1 aromatic rings. The summed E-state index contributed by atoms with van der Waals surface area (Å²) in [4.78, 5) is 0. The quantitative estimate of drug-likeness (QED) is 0.553. The Morgan fingerprint density at radius 2 is 1.65 bits per heavy atom. The third-order valence-electron chi connectivity index (χ3n) is 4.21. The van der Waals surface area contributed by atoms with Gasteiger partial charge in [0, 0.05) is 0 Å². The third-order valence-corrected chi connectivity index (χ3v) is 9.93. The SMILES string of the molecule is CCOP(=O)(OCC)C12CC([Se]c3ccccc3)(C1)C2. The van der Waals surface area contributed by atoms with Gasteiger partial charge in [-0.1, -0.05) is 0 Å².